The summed E-state index contributed by atoms with van der Waals surface area (Å²) in [6.07, 6.45) is -16.0. The topological polar surface area (TPSA) is 21.8 Å². The number of hydrogen-bond donors (Lipinski definition) is 0. The molecule has 2 atom stereocenters. The van der Waals surface area contributed by atoms with Gasteiger partial charge in [-0.1, -0.05) is 0 Å². The Morgan fingerprint density at radius 2 is 1.50 bits per heavy atom. The zero-order valence-electron chi connectivity index (χ0n) is 7.82. The first kappa shape index (κ1) is 13.5. The largest absolute Gasteiger partial charge is 0.422 e. The molecule has 0 spiro atoms. The summed E-state index contributed by atoms with van der Waals surface area (Å²) in [6.45, 7) is 1.25. The van der Waals surface area contributed by atoms with Crippen LogP contribution in [-0.2, 0) is 9.47 Å². The molecule has 0 aromatic heterocycles. The highest BCUT2D eigenvalue weighted by molar-refractivity contribution is 4.83. The van der Waals surface area contributed by atoms with Crippen LogP contribution >= 0.6 is 0 Å². The Morgan fingerprint density at radius 3 is 1.81 bits per heavy atom. The third-order valence-electron chi connectivity index (χ3n) is 1.77. The zero-order chi connectivity index (χ0) is 12.8. The summed E-state index contributed by atoms with van der Waals surface area (Å²) in [5.74, 6) is -5.32. The molecule has 1 fully saturated rings. The van der Waals surface area contributed by atoms with E-state index in [-0.39, 0.29) is 0 Å². The summed E-state index contributed by atoms with van der Waals surface area (Å²) in [4.78, 5) is 0. The minimum absolute atomic E-state index is 0.826. The van der Waals surface area contributed by atoms with Gasteiger partial charge < -0.3 is 4.74 Å². The molecule has 0 N–H and O–H groups in total. The molecule has 0 saturated carbocycles. The molecule has 1 aliphatic heterocycles. The highest BCUT2D eigenvalue weighted by atomic mass is 19.4. The molecule has 0 aliphatic carbocycles. The van der Waals surface area contributed by atoms with Gasteiger partial charge in [-0.2, -0.15) is 30.7 Å². The van der Waals surface area contributed by atoms with Gasteiger partial charge in [0.25, 0.3) is 0 Å². The molecule has 0 amide bonds. The van der Waals surface area contributed by atoms with E-state index in [0.717, 1.165) is 0 Å². The second-order valence-corrected chi connectivity index (χ2v) is 3.34. The molecule has 0 aromatic carbocycles. The van der Waals surface area contributed by atoms with E-state index in [1.54, 1.807) is 0 Å². The Balaban J connectivity index is 2.64. The lowest BCUT2D eigenvalue weighted by atomic mass is 10.2. The lowest BCUT2D eigenvalue weighted by molar-refractivity contribution is -0.376. The standard InChI is InChI=1S/C7H7F7O2/c1-3-4(15-3)16-7(13,14)5(8,9)2-6(10,11)12/h3-4H,2H2,1H3. The second-order valence-electron chi connectivity index (χ2n) is 3.34. The van der Waals surface area contributed by atoms with Crippen LogP contribution in [-0.4, -0.2) is 30.6 Å². The molecule has 2 nitrogen and oxygen atoms in total. The SMILES string of the molecule is CC1OC1OC(F)(F)C(F)(F)CC(F)(F)F. The van der Waals surface area contributed by atoms with Crippen molar-refractivity contribution >= 4 is 0 Å². The van der Waals surface area contributed by atoms with Gasteiger partial charge in [0.15, 0.2) is 6.29 Å². The summed E-state index contributed by atoms with van der Waals surface area (Å²) in [5, 5.41) is 0. The van der Waals surface area contributed by atoms with Gasteiger partial charge in [0.1, 0.15) is 12.5 Å². The molecular weight excluding hydrogens is 249 g/mol. The van der Waals surface area contributed by atoms with Crippen LogP contribution < -0.4 is 0 Å². The number of rotatable bonds is 4. The number of hydrogen-bond acceptors (Lipinski definition) is 2. The van der Waals surface area contributed by atoms with Crippen LogP contribution in [0.25, 0.3) is 0 Å². The fourth-order valence-corrected chi connectivity index (χ4v) is 0.877. The quantitative estimate of drug-likeness (QED) is 0.569. The van der Waals surface area contributed by atoms with E-state index < -0.39 is 37.0 Å². The first-order valence-corrected chi connectivity index (χ1v) is 4.10. The molecule has 1 rings (SSSR count). The van der Waals surface area contributed by atoms with Crippen LogP contribution in [0.1, 0.15) is 13.3 Å². The van der Waals surface area contributed by atoms with Crippen LogP contribution in [0.3, 0.4) is 0 Å². The summed E-state index contributed by atoms with van der Waals surface area (Å²) in [7, 11) is 0. The first-order valence-electron chi connectivity index (χ1n) is 4.10. The average Bonchev–Trinajstić information content (AvgIpc) is 2.58. The first-order chi connectivity index (χ1) is 6.95. The predicted octanol–water partition coefficient (Wildman–Crippen LogP) is 2.93. The maximum absolute atomic E-state index is 12.6. The van der Waals surface area contributed by atoms with Gasteiger partial charge in [-0.3, -0.25) is 4.74 Å². The zero-order valence-corrected chi connectivity index (χ0v) is 7.82. The van der Waals surface area contributed by atoms with Crippen molar-refractivity contribution in [1.82, 2.24) is 0 Å². The Bertz CT molecular complexity index is 262. The monoisotopic (exact) mass is 256 g/mol. The van der Waals surface area contributed by atoms with E-state index in [1.165, 1.54) is 6.92 Å². The van der Waals surface area contributed by atoms with Crippen molar-refractivity contribution < 1.29 is 40.2 Å². The van der Waals surface area contributed by atoms with Gasteiger partial charge in [-0.25, -0.2) is 0 Å². The molecule has 0 radical (unpaired) electrons. The summed E-state index contributed by atoms with van der Waals surface area (Å²) in [5.41, 5.74) is 0. The number of epoxide rings is 1. The molecule has 9 heteroatoms. The Hall–Kier alpha value is -0.570. The normalized spacial score (nSPS) is 27.0. The minimum Gasteiger partial charge on any atom is -0.341 e. The van der Waals surface area contributed by atoms with Crippen LogP contribution in [0.15, 0.2) is 0 Å². The van der Waals surface area contributed by atoms with Gasteiger partial charge in [0, 0.05) is 0 Å². The lowest BCUT2D eigenvalue weighted by Gasteiger charge is -2.26. The molecular formula is C7H7F7O2. The fraction of sp³-hybridized carbons (Fsp3) is 1.00. The van der Waals surface area contributed by atoms with Gasteiger partial charge >= 0.3 is 18.2 Å². The van der Waals surface area contributed by atoms with E-state index in [0.29, 0.717) is 0 Å². The Kier molecular flexibility index (Phi) is 3.14. The molecule has 0 bridgehead atoms. The van der Waals surface area contributed by atoms with Crippen molar-refractivity contribution in [1.29, 1.82) is 0 Å². The van der Waals surface area contributed by atoms with Crippen molar-refractivity contribution in [2.45, 2.75) is 43.9 Å². The van der Waals surface area contributed by atoms with Crippen molar-refractivity contribution in [3.63, 3.8) is 0 Å². The number of alkyl halides is 7. The van der Waals surface area contributed by atoms with Crippen LogP contribution in [0.2, 0.25) is 0 Å². The van der Waals surface area contributed by atoms with E-state index in [1.807, 2.05) is 0 Å². The molecule has 16 heavy (non-hydrogen) atoms. The molecule has 1 saturated heterocycles. The van der Waals surface area contributed by atoms with Crippen molar-refractivity contribution in [2.24, 2.45) is 0 Å². The van der Waals surface area contributed by atoms with Gasteiger partial charge in [0.2, 0.25) is 0 Å². The van der Waals surface area contributed by atoms with Crippen LogP contribution in [0, 0.1) is 0 Å². The summed E-state index contributed by atoms with van der Waals surface area (Å²) >= 11 is 0. The van der Waals surface area contributed by atoms with Crippen molar-refractivity contribution in [3.8, 4) is 0 Å². The number of ether oxygens (including phenoxy) is 2. The summed E-state index contributed by atoms with van der Waals surface area (Å²) in [6, 6.07) is 0. The van der Waals surface area contributed by atoms with Crippen LogP contribution in [0.4, 0.5) is 30.7 Å². The average molecular weight is 256 g/mol. The van der Waals surface area contributed by atoms with Crippen molar-refractivity contribution in [2.75, 3.05) is 0 Å². The lowest BCUT2D eigenvalue weighted by Crippen LogP contribution is -2.46. The Morgan fingerprint density at radius 1 is 1.06 bits per heavy atom. The Labute approximate surface area is 85.3 Å². The van der Waals surface area contributed by atoms with Crippen LogP contribution in [0.5, 0.6) is 0 Å². The molecule has 1 aliphatic rings. The van der Waals surface area contributed by atoms with E-state index >= 15 is 0 Å². The molecule has 0 aromatic rings. The third-order valence-corrected chi connectivity index (χ3v) is 1.77. The molecule has 2 unspecified atom stereocenters. The van der Waals surface area contributed by atoms with E-state index in [9.17, 15) is 30.7 Å². The molecule has 96 valence electrons. The smallest absolute Gasteiger partial charge is 0.341 e. The predicted molar refractivity (Wildman–Crippen MR) is 36.0 cm³/mol. The fourth-order valence-electron chi connectivity index (χ4n) is 0.877. The van der Waals surface area contributed by atoms with Gasteiger partial charge in [-0.05, 0) is 6.92 Å². The highest BCUT2D eigenvalue weighted by Crippen LogP contribution is 2.45. The van der Waals surface area contributed by atoms with E-state index in [4.69, 9.17) is 0 Å². The van der Waals surface area contributed by atoms with E-state index in [2.05, 4.69) is 9.47 Å². The maximum atomic E-state index is 12.6. The highest BCUT2D eigenvalue weighted by Gasteiger charge is 2.65. The van der Waals surface area contributed by atoms with Gasteiger partial charge in [0.05, 0.1) is 0 Å². The third kappa shape index (κ3) is 3.21. The second kappa shape index (κ2) is 3.73. The maximum Gasteiger partial charge on any atom is 0.422 e. The number of halogens is 7. The molecule has 1 heterocycles. The van der Waals surface area contributed by atoms with Gasteiger partial charge in [-0.15, -0.1) is 0 Å². The van der Waals surface area contributed by atoms with Crippen molar-refractivity contribution in [3.05, 3.63) is 0 Å². The summed E-state index contributed by atoms with van der Waals surface area (Å²) < 4.78 is 93.0. The minimum atomic E-state index is -5.41.